The Bertz CT molecular complexity index is 425. The maximum atomic E-state index is 10.7. The molecule has 0 unspecified atom stereocenters. The van der Waals surface area contributed by atoms with Crippen LogP contribution >= 0.6 is 15.9 Å². The fraction of sp³-hybridized carbons (Fsp3) is 0.600. The number of aliphatic hydroxyl groups is 1. The molecule has 0 spiro atoms. The molecule has 1 fully saturated rings. The number of hydrogen-bond acceptors (Lipinski definition) is 3. The fourth-order valence-corrected chi connectivity index (χ4v) is 3.33. The highest BCUT2D eigenvalue weighted by Gasteiger charge is 2.33. The summed E-state index contributed by atoms with van der Waals surface area (Å²) in [5, 5.41) is 10.7. The average molecular weight is 329 g/mol. The second-order valence-electron chi connectivity index (χ2n) is 5.31. The molecule has 1 saturated carbocycles. The van der Waals surface area contributed by atoms with E-state index in [2.05, 4.69) is 15.9 Å². The predicted molar refractivity (Wildman–Crippen MR) is 78.6 cm³/mol. The molecule has 19 heavy (non-hydrogen) atoms. The second-order valence-corrected chi connectivity index (χ2v) is 6.16. The van der Waals surface area contributed by atoms with Crippen molar-refractivity contribution in [3.8, 4) is 5.75 Å². The van der Waals surface area contributed by atoms with Crippen LogP contribution in [0.5, 0.6) is 5.75 Å². The normalized spacial score (nSPS) is 27.3. The number of methoxy groups -OCH3 is 2. The lowest BCUT2D eigenvalue weighted by Gasteiger charge is -2.35. The lowest BCUT2D eigenvalue weighted by molar-refractivity contribution is -0.0427. The van der Waals surface area contributed by atoms with E-state index in [-0.39, 0.29) is 0 Å². The lowest BCUT2D eigenvalue weighted by atomic mass is 9.79. The number of benzene rings is 1. The molecule has 0 aromatic heterocycles. The van der Waals surface area contributed by atoms with Crippen molar-refractivity contribution in [1.82, 2.24) is 0 Å². The largest absolute Gasteiger partial charge is 0.496 e. The SMILES string of the molecule is COc1ccc(CC2(O)CCC(OC)CC2)cc1Br. The zero-order chi connectivity index (χ0) is 13.9. The monoisotopic (exact) mass is 328 g/mol. The Hall–Kier alpha value is -0.580. The van der Waals surface area contributed by atoms with E-state index in [9.17, 15) is 5.11 Å². The van der Waals surface area contributed by atoms with E-state index < -0.39 is 5.60 Å². The Morgan fingerprint density at radius 2 is 2.00 bits per heavy atom. The number of rotatable bonds is 4. The van der Waals surface area contributed by atoms with Crippen molar-refractivity contribution in [2.45, 2.75) is 43.8 Å². The van der Waals surface area contributed by atoms with E-state index in [0.717, 1.165) is 41.5 Å². The Kier molecular flexibility index (Phi) is 4.87. The van der Waals surface area contributed by atoms with Crippen molar-refractivity contribution >= 4 is 15.9 Å². The zero-order valence-electron chi connectivity index (χ0n) is 11.5. The van der Waals surface area contributed by atoms with Crippen molar-refractivity contribution < 1.29 is 14.6 Å². The Morgan fingerprint density at radius 1 is 1.32 bits per heavy atom. The third-order valence-electron chi connectivity index (χ3n) is 3.95. The van der Waals surface area contributed by atoms with Gasteiger partial charge in [-0.25, -0.2) is 0 Å². The first-order chi connectivity index (χ1) is 9.06. The highest BCUT2D eigenvalue weighted by atomic mass is 79.9. The molecule has 0 bridgehead atoms. The molecule has 0 amide bonds. The lowest BCUT2D eigenvalue weighted by Crippen LogP contribution is -2.38. The van der Waals surface area contributed by atoms with Gasteiger partial charge in [0.25, 0.3) is 0 Å². The quantitative estimate of drug-likeness (QED) is 0.921. The number of halogens is 1. The molecule has 2 rings (SSSR count). The third-order valence-corrected chi connectivity index (χ3v) is 4.57. The van der Waals surface area contributed by atoms with E-state index >= 15 is 0 Å². The summed E-state index contributed by atoms with van der Waals surface area (Å²) in [4.78, 5) is 0. The second kappa shape index (κ2) is 6.25. The molecule has 0 aliphatic heterocycles. The van der Waals surface area contributed by atoms with Gasteiger partial charge in [-0.05, 0) is 59.3 Å². The van der Waals surface area contributed by atoms with Gasteiger partial charge < -0.3 is 14.6 Å². The van der Waals surface area contributed by atoms with Crippen LogP contribution in [-0.2, 0) is 11.2 Å². The average Bonchev–Trinajstić information content (AvgIpc) is 2.39. The van der Waals surface area contributed by atoms with Gasteiger partial charge in [-0.15, -0.1) is 0 Å². The van der Waals surface area contributed by atoms with Crippen molar-refractivity contribution in [3.05, 3.63) is 28.2 Å². The van der Waals surface area contributed by atoms with Crippen molar-refractivity contribution in [1.29, 1.82) is 0 Å². The maximum absolute atomic E-state index is 10.7. The molecule has 1 N–H and O–H groups in total. The van der Waals surface area contributed by atoms with Crippen LogP contribution in [0.3, 0.4) is 0 Å². The molecular formula is C15H21BrO3. The van der Waals surface area contributed by atoms with Crippen LogP contribution in [0, 0.1) is 0 Å². The van der Waals surface area contributed by atoms with Crippen LogP contribution in [0.2, 0.25) is 0 Å². The van der Waals surface area contributed by atoms with Gasteiger partial charge in [0.05, 0.1) is 23.3 Å². The van der Waals surface area contributed by atoms with Gasteiger partial charge >= 0.3 is 0 Å². The van der Waals surface area contributed by atoms with E-state index in [4.69, 9.17) is 9.47 Å². The van der Waals surface area contributed by atoms with Crippen molar-refractivity contribution in [2.24, 2.45) is 0 Å². The topological polar surface area (TPSA) is 38.7 Å². The Balaban J connectivity index is 2.02. The summed E-state index contributed by atoms with van der Waals surface area (Å²) in [5.41, 5.74) is 0.536. The first-order valence-electron chi connectivity index (χ1n) is 6.64. The van der Waals surface area contributed by atoms with E-state index in [0.29, 0.717) is 12.5 Å². The molecule has 0 heterocycles. The molecule has 1 aliphatic rings. The molecule has 4 heteroatoms. The summed E-state index contributed by atoms with van der Waals surface area (Å²) in [6, 6.07) is 5.98. The van der Waals surface area contributed by atoms with Crippen molar-refractivity contribution in [2.75, 3.05) is 14.2 Å². The van der Waals surface area contributed by atoms with E-state index in [1.807, 2.05) is 18.2 Å². The van der Waals surface area contributed by atoms with Gasteiger partial charge in [0.2, 0.25) is 0 Å². The summed E-state index contributed by atoms with van der Waals surface area (Å²) < 4.78 is 11.5. The number of ether oxygens (including phenoxy) is 2. The molecule has 1 aliphatic carbocycles. The highest BCUT2D eigenvalue weighted by Crippen LogP contribution is 2.34. The van der Waals surface area contributed by atoms with Crippen LogP contribution in [0.1, 0.15) is 31.2 Å². The van der Waals surface area contributed by atoms with Crippen molar-refractivity contribution in [3.63, 3.8) is 0 Å². The summed E-state index contributed by atoms with van der Waals surface area (Å²) in [7, 11) is 3.40. The van der Waals surface area contributed by atoms with Gasteiger partial charge in [0, 0.05) is 13.5 Å². The molecule has 0 atom stereocenters. The Morgan fingerprint density at radius 3 is 2.53 bits per heavy atom. The summed E-state index contributed by atoms with van der Waals surface area (Å²) in [6.07, 6.45) is 4.47. The minimum absolute atomic E-state index is 0.308. The number of hydrogen-bond donors (Lipinski definition) is 1. The van der Waals surface area contributed by atoms with Gasteiger partial charge in [0.15, 0.2) is 0 Å². The van der Waals surface area contributed by atoms with Crippen LogP contribution in [0.4, 0.5) is 0 Å². The minimum Gasteiger partial charge on any atom is -0.496 e. The van der Waals surface area contributed by atoms with Crippen LogP contribution in [0.15, 0.2) is 22.7 Å². The first-order valence-corrected chi connectivity index (χ1v) is 7.43. The maximum Gasteiger partial charge on any atom is 0.133 e. The zero-order valence-corrected chi connectivity index (χ0v) is 13.1. The standard InChI is InChI=1S/C15H21BrO3/c1-18-12-5-7-15(17,8-6-12)10-11-3-4-14(19-2)13(16)9-11/h3-4,9,12,17H,5-8,10H2,1-2H3. The van der Waals surface area contributed by atoms with E-state index in [1.54, 1.807) is 14.2 Å². The smallest absolute Gasteiger partial charge is 0.133 e. The van der Waals surface area contributed by atoms with Crippen LogP contribution in [0.25, 0.3) is 0 Å². The van der Waals surface area contributed by atoms with Gasteiger partial charge in [0.1, 0.15) is 5.75 Å². The van der Waals surface area contributed by atoms with Crippen LogP contribution in [-0.4, -0.2) is 31.0 Å². The summed E-state index contributed by atoms with van der Waals surface area (Å²) in [6.45, 7) is 0. The predicted octanol–water partition coefficient (Wildman–Crippen LogP) is 3.32. The Labute approximate surface area is 123 Å². The molecular weight excluding hydrogens is 308 g/mol. The molecule has 1 aromatic rings. The molecule has 1 aromatic carbocycles. The van der Waals surface area contributed by atoms with Gasteiger partial charge in [-0.2, -0.15) is 0 Å². The van der Waals surface area contributed by atoms with Gasteiger partial charge in [-0.3, -0.25) is 0 Å². The molecule has 3 nitrogen and oxygen atoms in total. The third kappa shape index (κ3) is 3.71. The summed E-state index contributed by atoms with van der Waals surface area (Å²) >= 11 is 3.48. The molecule has 106 valence electrons. The van der Waals surface area contributed by atoms with Gasteiger partial charge in [-0.1, -0.05) is 6.07 Å². The first kappa shape index (κ1) is 14.8. The fourth-order valence-electron chi connectivity index (χ4n) is 2.74. The summed E-state index contributed by atoms with van der Waals surface area (Å²) in [5.74, 6) is 0.818. The highest BCUT2D eigenvalue weighted by molar-refractivity contribution is 9.10. The van der Waals surface area contributed by atoms with Crippen LogP contribution < -0.4 is 4.74 Å². The minimum atomic E-state index is -0.594. The molecule has 0 saturated heterocycles. The van der Waals surface area contributed by atoms with E-state index in [1.165, 1.54) is 0 Å². The molecule has 0 radical (unpaired) electrons.